The third-order valence-corrected chi connectivity index (χ3v) is 5.79. The van der Waals surface area contributed by atoms with E-state index in [9.17, 15) is 8.42 Å². The number of sulfonamides is 1. The zero-order chi connectivity index (χ0) is 14.8. The monoisotopic (exact) mass is 297 g/mol. The van der Waals surface area contributed by atoms with Gasteiger partial charge in [-0.05, 0) is 38.7 Å². The van der Waals surface area contributed by atoms with E-state index in [1.54, 1.807) is 16.4 Å². The molecule has 0 aromatic heterocycles. The summed E-state index contributed by atoms with van der Waals surface area (Å²) in [6, 6.07) is 7.35. The number of benzene rings is 1. The molecule has 1 atom stereocenters. The number of hydrogen-bond donors (Lipinski definition) is 1. The van der Waals surface area contributed by atoms with Gasteiger partial charge in [0, 0.05) is 32.2 Å². The SMILES string of the molecule is CNC(C)c1cccc(S(=O)(=O)N2CCN(C)CC2)c1. The van der Waals surface area contributed by atoms with Crippen LogP contribution in [0.4, 0.5) is 0 Å². The molecule has 0 bridgehead atoms. The van der Waals surface area contributed by atoms with E-state index in [4.69, 9.17) is 0 Å². The lowest BCUT2D eigenvalue weighted by atomic mass is 10.1. The fraction of sp³-hybridized carbons (Fsp3) is 0.571. The summed E-state index contributed by atoms with van der Waals surface area (Å²) in [4.78, 5) is 2.53. The molecule has 1 aromatic rings. The number of nitrogens with one attached hydrogen (secondary N) is 1. The molecule has 1 aromatic carbocycles. The zero-order valence-electron chi connectivity index (χ0n) is 12.3. The molecule has 0 amide bonds. The van der Waals surface area contributed by atoms with Crippen molar-refractivity contribution in [3.05, 3.63) is 29.8 Å². The Kier molecular flexibility index (Phi) is 4.80. The van der Waals surface area contributed by atoms with Crippen LogP contribution in [0.2, 0.25) is 0 Å². The molecule has 1 heterocycles. The summed E-state index contributed by atoms with van der Waals surface area (Å²) < 4.78 is 26.9. The van der Waals surface area contributed by atoms with Gasteiger partial charge in [0.2, 0.25) is 10.0 Å². The van der Waals surface area contributed by atoms with Gasteiger partial charge in [0.15, 0.2) is 0 Å². The lowest BCUT2D eigenvalue weighted by Gasteiger charge is -2.31. The van der Waals surface area contributed by atoms with Crippen molar-refractivity contribution < 1.29 is 8.42 Å². The lowest BCUT2D eigenvalue weighted by Crippen LogP contribution is -2.47. The van der Waals surface area contributed by atoms with E-state index < -0.39 is 10.0 Å². The van der Waals surface area contributed by atoms with Gasteiger partial charge in [0.1, 0.15) is 0 Å². The molecule has 1 N–H and O–H groups in total. The average Bonchev–Trinajstić information content (AvgIpc) is 2.47. The molecule has 1 aliphatic heterocycles. The van der Waals surface area contributed by atoms with Crippen molar-refractivity contribution in [2.75, 3.05) is 40.3 Å². The van der Waals surface area contributed by atoms with Crippen molar-refractivity contribution in [3.8, 4) is 0 Å². The number of rotatable bonds is 4. The van der Waals surface area contributed by atoms with Crippen molar-refractivity contribution >= 4 is 10.0 Å². The van der Waals surface area contributed by atoms with Crippen LogP contribution in [-0.2, 0) is 10.0 Å². The molecule has 0 radical (unpaired) electrons. The highest BCUT2D eigenvalue weighted by atomic mass is 32.2. The second kappa shape index (κ2) is 6.22. The third-order valence-electron chi connectivity index (χ3n) is 3.89. The van der Waals surface area contributed by atoms with E-state index in [0.717, 1.165) is 18.7 Å². The molecule has 0 spiro atoms. The number of hydrogen-bond acceptors (Lipinski definition) is 4. The lowest BCUT2D eigenvalue weighted by molar-refractivity contribution is 0.222. The van der Waals surface area contributed by atoms with Crippen LogP contribution in [0.25, 0.3) is 0 Å². The van der Waals surface area contributed by atoms with Crippen LogP contribution in [0.1, 0.15) is 18.5 Å². The molecule has 5 nitrogen and oxygen atoms in total. The van der Waals surface area contributed by atoms with E-state index in [1.807, 2.05) is 33.2 Å². The molecular weight excluding hydrogens is 274 g/mol. The van der Waals surface area contributed by atoms with Crippen molar-refractivity contribution in [1.29, 1.82) is 0 Å². The Balaban J connectivity index is 2.25. The van der Waals surface area contributed by atoms with Gasteiger partial charge in [-0.15, -0.1) is 0 Å². The van der Waals surface area contributed by atoms with E-state index in [1.165, 1.54) is 0 Å². The van der Waals surface area contributed by atoms with Gasteiger partial charge in [-0.25, -0.2) is 8.42 Å². The second-order valence-electron chi connectivity index (χ2n) is 5.29. The summed E-state index contributed by atoms with van der Waals surface area (Å²) >= 11 is 0. The van der Waals surface area contributed by atoms with E-state index in [0.29, 0.717) is 18.0 Å². The number of nitrogens with zero attached hydrogens (tertiary/aromatic N) is 2. The standard InChI is InChI=1S/C14H23N3O2S/c1-12(15-2)13-5-4-6-14(11-13)20(18,19)17-9-7-16(3)8-10-17/h4-6,11-12,15H,7-10H2,1-3H3. The molecule has 0 saturated carbocycles. The van der Waals surface area contributed by atoms with Crippen molar-refractivity contribution in [2.45, 2.75) is 17.9 Å². The minimum atomic E-state index is -3.37. The fourth-order valence-electron chi connectivity index (χ4n) is 2.29. The van der Waals surface area contributed by atoms with Gasteiger partial charge in [-0.1, -0.05) is 12.1 Å². The highest BCUT2D eigenvalue weighted by Gasteiger charge is 2.27. The van der Waals surface area contributed by atoms with Gasteiger partial charge < -0.3 is 10.2 Å². The normalized spacial score (nSPS) is 19.9. The second-order valence-corrected chi connectivity index (χ2v) is 7.23. The molecule has 1 saturated heterocycles. The molecule has 112 valence electrons. The first-order chi connectivity index (χ1) is 9.45. The molecule has 1 fully saturated rings. The minimum Gasteiger partial charge on any atom is -0.313 e. The highest BCUT2D eigenvalue weighted by molar-refractivity contribution is 7.89. The average molecular weight is 297 g/mol. The first-order valence-electron chi connectivity index (χ1n) is 6.91. The van der Waals surface area contributed by atoms with Gasteiger partial charge in [0.25, 0.3) is 0 Å². The molecule has 6 heteroatoms. The van der Waals surface area contributed by atoms with Crippen LogP contribution in [0, 0.1) is 0 Å². The molecule has 20 heavy (non-hydrogen) atoms. The smallest absolute Gasteiger partial charge is 0.243 e. The molecule has 1 unspecified atom stereocenters. The van der Waals surface area contributed by atoms with Crippen LogP contribution in [0.15, 0.2) is 29.2 Å². The van der Waals surface area contributed by atoms with Crippen LogP contribution in [0.5, 0.6) is 0 Å². The Labute approximate surface area is 121 Å². The summed E-state index contributed by atoms with van der Waals surface area (Å²) in [7, 11) is 0.510. The molecular formula is C14H23N3O2S. The van der Waals surface area contributed by atoms with Crippen LogP contribution in [0.3, 0.4) is 0 Å². The maximum absolute atomic E-state index is 12.6. The third kappa shape index (κ3) is 3.20. The predicted octanol–water partition coefficient (Wildman–Crippen LogP) is 0.903. The van der Waals surface area contributed by atoms with Gasteiger partial charge in [-0.2, -0.15) is 4.31 Å². The Morgan fingerprint density at radius 3 is 2.45 bits per heavy atom. The van der Waals surface area contributed by atoms with Crippen LogP contribution < -0.4 is 5.32 Å². The first kappa shape index (κ1) is 15.4. The highest BCUT2D eigenvalue weighted by Crippen LogP contribution is 2.21. The Bertz CT molecular complexity index is 551. The fourth-order valence-corrected chi connectivity index (χ4v) is 3.77. The Morgan fingerprint density at radius 1 is 1.20 bits per heavy atom. The quantitative estimate of drug-likeness (QED) is 0.897. The van der Waals surface area contributed by atoms with Crippen molar-refractivity contribution in [3.63, 3.8) is 0 Å². The largest absolute Gasteiger partial charge is 0.313 e. The summed E-state index contributed by atoms with van der Waals surface area (Å²) in [5, 5.41) is 3.13. The van der Waals surface area contributed by atoms with Crippen molar-refractivity contribution in [2.24, 2.45) is 0 Å². The predicted molar refractivity (Wildman–Crippen MR) is 80.2 cm³/mol. The van der Waals surface area contributed by atoms with E-state index in [-0.39, 0.29) is 6.04 Å². The van der Waals surface area contributed by atoms with Gasteiger partial charge >= 0.3 is 0 Å². The molecule has 1 aliphatic rings. The molecule has 0 aliphatic carbocycles. The van der Waals surface area contributed by atoms with Crippen molar-refractivity contribution in [1.82, 2.24) is 14.5 Å². The summed E-state index contributed by atoms with van der Waals surface area (Å²) in [5.41, 5.74) is 0.989. The van der Waals surface area contributed by atoms with E-state index in [2.05, 4.69) is 10.2 Å². The molecule has 2 rings (SSSR count). The topological polar surface area (TPSA) is 52.7 Å². The number of piperazine rings is 1. The maximum atomic E-state index is 12.6. The van der Waals surface area contributed by atoms with Gasteiger partial charge in [-0.3, -0.25) is 0 Å². The van der Waals surface area contributed by atoms with Gasteiger partial charge in [0.05, 0.1) is 4.90 Å². The maximum Gasteiger partial charge on any atom is 0.243 e. The first-order valence-corrected chi connectivity index (χ1v) is 8.35. The zero-order valence-corrected chi connectivity index (χ0v) is 13.2. The number of likely N-dealkylation sites (N-methyl/N-ethyl adjacent to an activating group) is 1. The van der Waals surface area contributed by atoms with Crippen LogP contribution in [-0.4, -0.2) is 57.9 Å². The summed E-state index contributed by atoms with van der Waals surface area (Å²) in [6.07, 6.45) is 0. The minimum absolute atomic E-state index is 0.137. The Hall–Kier alpha value is -0.950. The Morgan fingerprint density at radius 2 is 1.85 bits per heavy atom. The van der Waals surface area contributed by atoms with Crippen LogP contribution >= 0.6 is 0 Å². The van der Waals surface area contributed by atoms with E-state index >= 15 is 0 Å². The summed E-state index contributed by atoms with van der Waals surface area (Å²) in [6.45, 7) is 4.70. The summed E-state index contributed by atoms with van der Waals surface area (Å²) in [5.74, 6) is 0.